The lowest BCUT2D eigenvalue weighted by molar-refractivity contribution is 0.0362. The molecular weight excluding hydrogens is 296 g/mol. The highest BCUT2D eigenvalue weighted by molar-refractivity contribution is 9.10. The standard InChI is InChI=1S/C13H21BrN2O2/c1-5-6-16-8-10(14)7-11(16)12(17)15(4)9-13(2,3)18/h7-8,18H,5-6,9H2,1-4H3. The van der Waals surface area contributed by atoms with Crippen molar-refractivity contribution in [3.05, 3.63) is 22.4 Å². The van der Waals surface area contributed by atoms with Crippen LogP contribution in [-0.4, -0.2) is 39.7 Å². The van der Waals surface area contributed by atoms with Gasteiger partial charge in [0, 0.05) is 30.8 Å². The summed E-state index contributed by atoms with van der Waals surface area (Å²) >= 11 is 3.39. The smallest absolute Gasteiger partial charge is 0.270 e. The van der Waals surface area contributed by atoms with Crippen LogP contribution in [0.1, 0.15) is 37.7 Å². The number of hydrogen-bond donors (Lipinski definition) is 1. The van der Waals surface area contributed by atoms with Crippen LogP contribution in [0.3, 0.4) is 0 Å². The van der Waals surface area contributed by atoms with Crippen LogP contribution >= 0.6 is 15.9 Å². The predicted molar refractivity (Wildman–Crippen MR) is 75.7 cm³/mol. The summed E-state index contributed by atoms with van der Waals surface area (Å²) in [6, 6.07) is 1.82. The zero-order valence-corrected chi connectivity index (χ0v) is 13.0. The maximum Gasteiger partial charge on any atom is 0.270 e. The summed E-state index contributed by atoms with van der Waals surface area (Å²) in [4.78, 5) is 13.9. The molecule has 102 valence electrons. The van der Waals surface area contributed by atoms with E-state index in [9.17, 15) is 9.90 Å². The topological polar surface area (TPSA) is 45.5 Å². The number of aromatic nitrogens is 1. The third kappa shape index (κ3) is 4.14. The van der Waals surface area contributed by atoms with Gasteiger partial charge in [0.25, 0.3) is 5.91 Å². The van der Waals surface area contributed by atoms with Gasteiger partial charge < -0.3 is 14.6 Å². The lowest BCUT2D eigenvalue weighted by Crippen LogP contribution is -2.40. The highest BCUT2D eigenvalue weighted by Gasteiger charge is 2.22. The van der Waals surface area contributed by atoms with Gasteiger partial charge in [-0.05, 0) is 42.3 Å². The molecule has 0 saturated carbocycles. The minimum Gasteiger partial charge on any atom is -0.389 e. The monoisotopic (exact) mass is 316 g/mol. The summed E-state index contributed by atoms with van der Waals surface area (Å²) in [5.41, 5.74) is -0.237. The maximum atomic E-state index is 12.3. The van der Waals surface area contributed by atoms with Crippen LogP contribution in [0.25, 0.3) is 0 Å². The fraction of sp³-hybridized carbons (Fsp3) is 0.615. The quantitative estimate of drug-likeness (QED) is 0.907. The van der Waals surface area contributed by atoms with Crippen LogP contribution in [-0.2, 0) is 6.54 Å². The van der Waals surface area contributed by atoms with E-state index in [-0.39, 0.29) is 5.91 Å². The molecule has 4 nitrogen and oxygen atoms in total. The normalized spacial score (nSPS) is 11.7. The van der Waals surface area contributed by atoms with Crippen molar-refractivity contribution >= 4 is 21.8 Å². The summed E-state index contributed by atoms with van der Waals surface area (Å²) in [5, 5.41) is 9.75. The number of hydrogen-bond acceptors (Lipinski definition) is 2. The lowest BCUT2D eigenvalue weighted by atomic mass is 10.1. The van der Waals surface area contributed by atoms with E-state index >= 15 is 0 Å². The minimum atomic E-state index is -0.885. The number of likely N-dealkylation sites (N-methyl/N-ethyl adjacent to an activating group) is 1. The molecule has 1 heterocycles. The SMILES string of the molecule is CCCn1cc(Br)cc1C(=O)N(C)CC(C)(C)O. The molecule has 0 radical (unpaired) electrons. The van der Waals surface area contributed by atoms with Gasteiger partial charge in [-0.2, -0.15) is 0 Å². The summed E-state index contributed by atoms with van der Waals surface area (Å²) < 4.78 is 2.84. The largest absolute Gasteiger partial charge is 0.389 e. The van der Waals surface area contributed by atoms with E-state index in [4.69, 9.17) is 0 Å². The van der Waals surface area contributed by atoms with Crippen molar-refractivity contribution in [2.24, 2.45) is 0 Å². The maximum absolute atomic E-state index is 12.3. The van der Waals surface area contributed by atoms with Gasteiger partial charge in [0.2, 0.25) is 0 Å². The van der Waals surface area contributed by atoms with Crippen molar-refractivity contribution in [3.63, 3.8) is 0 Å². The number of carbonyl (C=O) groups is 1. The minimum absolute atomic E-state index is 0.0729. The number of halogens is 1. The van der Waals surface area contributed by atoms with E-state index in [2.05, 4.69) is 22.9 Å². The summed E-state index contributed by atoms with van der Waals surface area (Å²) in [6.07, 6.45) is 2.88. The molecule has 18 heavy (non-hydrogen) atoms. The molecule has 5 heteroatoms. The Kier molecular flexibility index (Phi) is 4.99. The molecule has 1 aromatic heterocycles. The Bertz CT molecular complexity index is 421. The second-order valence-corrected chi connectivity index (χ2v) is 6.13. The van der Waals surface area contributed by atoms with Gasteiger partial charge in [-0.25, -0.2) is 0 Å². The van der Waals surface area contributed by atoms with Crippen LogP contribution in [0, 0.1) is 0 Å². The van der Waals surface area contributed by atoms with Gasteiger partial charge in [-0.1, -0.05) is 6.92 Å². The number of aryl methyl sites for hydroxylation is 1. The fourth-order valence-electron chi connectivity index (χ4n) is 1.93. The fourth-order valence-corrected chi connectivity index (χ4v) is 2.39. The number of rotatable bonds is 5. The van der Waals surface area contributed by atoms with E-state index in [1.165, 1.54) is 0 Å². The Balaban J connectivity index is 2.89. The third-order valence-corrected chi connectivity index (χ3v) is 2.95. The van der Waals surface area contributed by atoms with Crippen molar-refractivity contribution < 1.29 is 9.90 Å². The van der Waals surface area contributed by atoms with E-state index in [0.29, 0.717) is 12.2 Å². The number of nitrogens with zero attached hydrogens (tertiary/aromatic N) is 2. The van der Waals surface area contributed by atoms with E-state index < -0.39 is 5.60 Å². The van der Waals surface area contributed by atoms with E-state index in [1.54, 1.807) is 25.8 Å². The molecule has 0 saturated heterocycles. The average molecular weight is 317 g/mol. The Morgan fingerprint density at radius 1 is 1.56 bits per heavy atom. The molecule has 1 amide bonds. The van der Waals surface area contributed by atoms with Crippen LogP contribution in [0.4, 0.5) is 0 Å². The van der Waals surface area contributed by atoms with Crippen molar-refractivity contribution in [2.75, 3.05) is 13.6 Å². The third-order valence-electron chi connectivity index (χ3n) is 2.52. The van der Waals surface area contributed by atoms with Crippen molar-refractivity contribution in [2.45, 2.75) is 39.3 Å². The molecule has 0 aromatic carbocycles. The molecule has 0 aliphatic heterocycles. The Morgan fingerprint density at radius 3 is 2.67 bits per heavy atom. The zero-order valence-electron chi connectivity index (χ0n) is 11.4. The second kappa shape index (κ2) is 5.89. The van der Waals surface area contributed by atoms with Gasteiger partial charge in [0.1, 0.15) is 5.69 Å². The van der Waals surface area contributed by atoms with Crippen molar-refractivity contribution in [3.8, 4) is 0 Å². The van der Waals surface area contributed by atoms with Gasteiger partial charge in [0.15, 0.2) is 0 Å². The summed E-state index contributed by atoms with van der Waals surface area (Å²) in [7, 11) is 1.71. The highest BCUT2D eigenvalue weighted by Crippen LogP contribution is 2.17. The molecule has 1 N–H and O–H groups in total. The summed E-state index contributed by atoms with van der Waals surface area (Å²) in [5.74, 6) is -0.0729. The zero-order chi connectivity index (χ0) is 13.9. The summed E-state index contributed by atoms with van der Waals surface area (Å²) in [6.45, 7) is 6.57. The Labute approximate surface area is 117 Å². The average Bonchev–Trinajstić information content (AvgIpc) is 2.56. The number of aliphatic hydroxyl groups is 1. The van der Waals surface area contributed by atoms with Crippen molar-refractivity contribution in [1.29, 1.82) is 0 Å². The second-order valence-electron chi connectivity index (χ2n) is 5.21. The van der Waals surface area contributed by atoms with Gasteiger partial charge in [0.05, 0.1) is 5.60 Å². The first-order valence-corrected chi connectivity index (χ1v) is 6.87. The molecule has 0 aliphatic rings. The Morgan fingerprint density at radius 2 is 2.17 bits per heavy atom. The molecule has 0 atom stereocenters. The molecule has 1 aromatic rings. The van der Waals surface area contributed by atoms with Crippen LogP contribution < -0.4 is 0 Å². The Hall–Kier alpha value is -0.810. The molecule has 0 aliphatic carbocycles. The first-order valence-electron chi connectivity index (χ1n) is 6.08. The molecule has 0 unspecified atom stereocenters. The van der Waals surface area contributed by atoms with Gasteiger partial charge >= 0.3 is 0 Å². The molecule has 0 bridgehead atoms. The van der Waals surface area contributed by atoms with Crippen LogP contribution in [0.15, 0.2) is 16.7 Å². The van der Waals surface area contributed by atoms with Gasteiger partial charge in [-0.15, -0.1) is 0 Å². The highest BCUT2D eigenvalue weighted by atomic mass is 79.9. The first kappa shape index (κ1) is 15.2. The molecule has 0 spiro atoms. The molecule has 0 fully saturated rings. The number of amides is 1. The lowest BCUT2D eigenvalue weighted by Gasteiger charge is -2.25. The molecular formula is C13H21BrN2O2. The predicted octanol–water partition coefficient (Wildman–Crippen LogP) is 2.50. The van der Waals surface area contributed by atoms with Gasteiger partial charge in [-0.3, -0.25) is 4.79 Å². The molecule has 1 rings (SSSR count). The number of carbonyl (C=O) groups excluding carboxylic acids is 1. The van der Waals surface area contributed by atoms with E-state index in [1.807, 2.05) is 16.8 Å². The van der Waals surface area contributed by atoms with E-state index in [0.717, 1.165) is 17.4 Å². The first-order chi connectivity index (χ1) is 8.24. The van der Waals surface area contributed by atoms with Crippen LogP contribution in [0.2, 0.25) is 0 Å². The van der Waals surface area contributed by atoms with Crippen molar-refractivity contribution in [1.82, 2.24) is 9.47 Å². The van der Waals surface area contributed by atoms with Crippen LogP contribution in [0.5, 0.6) is 0 Å².